The molecule has 1 aromatic carbocycles. The molecule has 1 N–H and O–H groups in total. The Morgan fingerprint density at radius 1 is 1.41 bits per heavy atom. The van der Waals surface area contributed by atoms with Gasteiger partial charge in [-0.3, -0.25) is 4.90 Å². The van der Waals surface area contributed by atoms with Gasteiger partial charge in [-0.1, -0.05) is 30.3 Å². The summed E-state index contributed by atoms with van der Waals surface area (Å²) in [5.41, 5.74) is 1.43. The zero-order chi connectivity index (χ0) is 11.7. The fraction of sp³-hybridized carbons (Fsp3) is 0.571. The molecule has 0 amide bonds. The molecule has 3 rings (SSSR count). The summed E-state index contributed by atoms with van der Waals surface area (Å²) in [4.78, 5) is 2.97. The SMILES string of the molecule is CC1CC2(CN1Cc1ccccc1)NCCS2. The molecule has 3 heteroatoms. The first kappa shape index (κ1) is 11.6. The molecule has 2 nitrogen and oxygen atoms in total. The molecule has 92 valence electrons. The standard InChI is InChI=1S/C14H20N2S/c1-12-9-14(15-7-8-17-14)11-16(12)10-13-5-3-2-4-6-13/h2-6,12,15H,7-11H2,1H3. The smallest absolute Gasteiger partial charge is 0.0789 e. The zero-order valence-electron chi connectivity index (χ0n) is 10.4. The number of nitrogens with one attached hydrogen (secondary N) is 1. The summed E-state index contributed by atoms with van der Waals surface area (Å²) in [6.45, 7) is 5.81. The van der Waals surface area contributed by atoms with Gasteiger partial charge in [0.05, 0.1) is 4.87 Å². The maximum Gasteiger partial charge on any atom is 0.0789 e. The quantitative estimate of drug-likeness (QED) is 0.864. The van der Waals surface area contributed by atoms with Crippen molar-refractivity contribution in [3.05, 3.63) is 35.9 Å². The summed E-state index contributed by atoms with van der Waals surface area (Å²) in [5.74, 6) is 1.27. The Hall–Kier alpha value is -0.510. The number of likely N-dealkylation sites (tertiary alicyclic amines) is 1. The Kier molecular flexibility index (Phi) is 3.16. The Balaban J connectivity index is 1.68. The Morgan fingerprint density at radius 3 is 2.94 bits per heavy atom. The van der Waals surface area contributed by atoms with Crippen molar-refractivity contribution in [1.29, 1.82) is 0 Å². The molecule has 2 atom stereocenters. The van der Waals surface area contributed by atoms with Gasteiger partial charge in [-0.05, 0) is 18.9 Å². The van der Waals surface area contributed by atoms with Crippen molar-refractivity contribution < 1.29 is 0 Å². The third kappa shape index (κ3) is 2.37. The maximum absolute atomic E-state index is 3.70. The lowest BCUT2D eigenvalue weighted by molar-refractivity contribution is 0.256. The van der Waals surface area contributed by atoms with Gasteiger partial charge in [0.1, 0.15) is 0 Å². The van der Waals surface area contributed by atoms with Gasteiger partial charge in [-0.25, -0.2) is 0 Å². The molecule has 2 aliphatic rings. The second-order valence-corrected chi connectivity index (χ2v) is 6.69. The minimum absolute atomic E-state index is 0.355. The largest absolute Gasteiger partial charge is 0.301 e. The number of hydrogen-bond acceptors (Lipinski definition) is 3. The summed E-state index contributed by atoms with van der Waals surface area (Å²) in [7, 11) is 0. The van der Waals surface area contributed by atoms with Crippen LogP contribution in [-0.4, -0.2) is 34.7 Å². The molecule has 1 spiro atoms. The van der Waals surface area contributed by atoms with Crippen LogP contribution >= 0.6 is 11.8 Å². The minimum Gasteiger partial charge on any atom is -0.301 e. The highest BCUT2D eigenvalue weighted by atomic mass is 32.2. The first-order chi connectivity index (χ1) is 8.27. The van der Waals surface area contributed by atoms with Gasteiger partial charge in [-0.15, -0.1) is 11.8 Å². The van der Waals surface area contributed by atoms with Gasteiger partial charge in [-0.2, -0.15) is 0 Å². The normalized spacial score (nSPS) is 33.6. The van der Waals surface area contributed by atoms with Gasteiger partial charge >= 0.3 is 0 Å². The van der Waals surface area contributed by atoms with Crippen molar-refractivity contribution >= 4 is 11.8 Å². The molecule has 0 bridgehead atoms. The van der Waals surface area contributed by atoms with Crippen LogP contribution in [0, 0.1) is 0 Å². The highest BCUT2D eigenvalue weighted by Gasteiger charge is 2.44. The lowest BCUT2D eigenvalue weighted by Crippen LogP contribution is -2.39. The summed E-state index contributed by atoms with van der Waals surface area (Å²) in [6, 6.07) is 11.5. The molecule has 2 heterocycles. The predicted octanol–water partition coefficient (Wildman–Crippen LogP) is 2.31. The molecule has 17 heavy (non-hydrogen) atoms. The topological polar surface area (TPSA) is 15.3 Å². The van der Waals surface area contributed by atoms with Crippen LogP contribution in [0.2, 0.25) is 0 Å². The average molecular weight is 248 g/mol. The van der Waals surface area contributed by atoms with E-state index in [4.69, 9.17) is 0 Å². The first-order valence-electron chi connectivity index (χ1n) is 6.44. The molecular weight excluding hydrogens is 228 g/mol. The molecule has 1 aromatic rings. The molecular formula is C14H20N2S. The zero-order valence-corrected chi connectivity index (χ0v) is 11.2. The van der Waals surface area contributed by atoms with E-state index >= 15 is 0 Å². The Labute approximate surface area is 108 Å². The van der Waals surface area contributed by atoms with Crippen LogP contribution < -0.4 is 5.32 Å². The monoisotopic (exact) mass is 248 g/mol. The summed E-state index contributed by atoms with van der Waals surface area (Å²) >= 11 is 2.12. The Bertz CT molecular complexity index is 373. The van der Waals surface area contributed by atoms with Crippen molar-refractivity contribution in [3.63, 3.8) is 0 Å². The first-order valence-corrected chi connectivity index (χ1v) is 7.43. The third-order valence-corrected chi connectivity index (χ3v) is 5.26. The maximum atomic E-state index is 3.70. The summed E-state index contributed by atoms with van der Waals surface area (Å²) in [6.07, 6.45) is 1.28. The van der Waals surface area contributed by atoms with E-state index in [2.05, 4.69) is 59.2 Å². The van der Waals surface area contributed by atoms with E-state index in [9.17, 15) is 0 Å². The highest BCUT2D eigenvalue weighted by molar-refractivity contribution is 8.00. The predicted molar refractivity (Wildman–Crippen MR) is 74.1 cm³/mol. The van der Waals surface area contributed by atoms with Gasteiger partial charge in [0.2, 0.25) is 0 Å². The van der Waals surface area contributed by atoms with E-state index in [1.165, 1.54) is 30.8 Å². The van der Waals surface area contributed by atoms with Gasteiger partial charge in [0, 0.05) is 31.4 Å². The van der Waals surface area contributed by atoms with E-state index < -0.39 is 0 Å². The minimum atomic E-state index is 0.355. The molecule has 2 unspecified atom stereocenters. The third-order valence-electron chi connectivity index (χ3n) is 3.86. The van der Waals surface area contributed by atoms with Crippen LogP contribution in [0.5, 0.6) is 0 Å². The molecule has 2 fully saturated rings. The van der Waals surface area contributed by atoms with Crippen LogP contribution in [-0.2, 0) is 6.54 Å². The van der Waals surface area contributed by atoms with Crippen LogP contribution in [0.3, 0.4) is 0 Å². The summed E-state index contributed by atoms with van der Waals surface area (Å²) in [5, 5.41) is 3.70. The van der Waals surface area contributed by atoms with Gasteiger partial charge in [0.25, 0.3) is 0 Å². The van der Waals surface area contributed by atoms with Gasteiger partial charge in [0.15, 0.2) is 0 Å². The molecule has 0 aromatic heterocycles. The van der Waals surface area contributed by atoms with E-state index in [1.807, 2.05) is 0 Å². The highest BCUT2D eigenvalue weighted by Crippen LogP contribution is 2.39. The molecule has 2 saturated heterocycles. The average Bonchev–Trinajstić information content (AvgIpc) is 2.89. The van der Waals surface area contributed by atoms with Crippen molar-refractivity contribution in [3.8, 4) is 0 Å². The number of benzene rings is 1. The van der Waals surface area contributed by atoms with Crippen molar-refractivity contribution in [2.75, 3.05) is 18.8 Å². The van der Waals surface area contributed by atoms with E-state index in [0.29, 0.717) is 10.9 Å². The van der Waals surface area contributed by atoms with Crippen LogP contribution in [0.15, 0.2) is 30.3 Å². The number of thioether (sulfide) groups is 1. The van der Waals surface area contributed by atoms with Crippen LogP contribution in [0.4, 0.5) is 0 Å². The number of hydrogen-bond donors (Lipinski definition) is 1. The lowest BCUT2D eigenvalue weighted by atomic mass is 10.2. The van der Waals surface area contributed by atoms with Crippen molar-refractivity contribution in [1.82, 2.24) is 10.2 Å². The number of nitrogens with zero attached hydrogens (tertiary/aromatic N) is 1. The van der Waals surface area contributed by atoms with Crippen molar-refractivity contribution in [2.45, 2.75) is 30.8 Å². The molecule has 2 aliphatic heterocycles. The van der Waals surface area contributed by atoms with Crippen molar-refractivity contribution in [2.24, 2.45) is 0 Å². The fourth-order valence-corrected chi connectivity index (χ4v) is 4.41. The Morgan fingerprint density at radius 2 is 2.24 bits per heavy atom. The molecule has 0 aliphatic carbocycles. The fourth-order valence-electron chi connectivity index (χ4n) is 2.99. The second kappa shape index (κ2) is 4.63. The van der Waals surface area contributed by atoms with E-state index in [0.717, 1.165) is 6.54 Å². The van der Waals surface area contributed by atoms with Crippen LogP contribution in [0.1, 0.15) is 18.9 Å². The lowest BCUT2D eigenvalue weighted by Gasteiger charge is -2.23. The molecule has 0 saturated carbocycles. The van der Waals surface area contributed by atoms with Crippen LogP contribution in [0.25, 0.3) is 0 Å². The molecule has 0 radical (unpaired) electrons. The second-order valence-electron chi connectivity index (χ2n) is 5.21. The number of rotatable bonds is 2. The van der Waals surface area contributed by atoms with Gasteiger partial charge < -0.3 is 5.32 Å². The van der Waals surface area contributed by atoms with E-state index in [1.54, 1.807) is 0 Å². The van der Waals surface area contributed by atoms with E-state index in [-0.39, 0.29) is 0 Å². The summed E-state index contributed by atoms with van der Waals surface area (Å²) < 4.78 is 0.